The Morgan fingerprint density at radius 3 is 1.23 bits per heavy atom. The van der Waals surface area contributed by atoms with E-state index in [0.29, 0.717) is 48.2 Å². The molecule has 6 amide bonds. The van der Waals surface area contributed by atoms with Gasteiger partial charge in [0, 0.05) is 39.0 Å². The molecular weight excluding hydrogens is 500 g/mol. The van der Waals surface area contributed by atoms with E-state index in [4.69, 9.17) is 0 Å². The van der Waals surface area contributed by atoms with Gasteiger partial charge in [0.15, 0.2) is 0 Å². The van der Waals surface area contributed by atoms with E-state index in [1.807, 2.05) is 13.8 Å². The summed E-state index contributed by atoms with van der Waals surface area (Å²) in [5, 5.41) is 5.70. The number of amides is 6. The monoisotopic (exact) mass is 532 g/mol. The first-order valence-electron chi connectivity index (χ1n) is 13.0. The highest BCUT2D eigenvalue weighted by Crippen LogP contribution is 2.24. The maximum atomic E-state index is 12.4. The summed E-state index contributed by atoms with van der Waals surface area (Å²) >= 11 is 0. The Kier molecular flexibility index (Phi) is 8.23. The van der Waals surface area contributed by atoms with E-state index in [2.05, 4.69) is 10.6 Å². The Labute approximate surface area is 226 Å². The SMILES string of the molecule is CC(C)(CNC(=O)CCCN1C(=O)c2ccccc2C1=O)CNC(=O)CCCN1C(=O)c2ccccc2C1=O. The standard InChI is InChI=1S/C29H32N4O6/c1-29(2,17-30-23(34)13-7-15-32-25(36)19-9-3-4-10-20(19)26(32)37)18-31-24(35)14-8-16-33-27(38)21-11-5-6-12-22(21)28(33)39/h3-6,9-12H,7-8,13-18H2,1-2H3,(H,30,34)(H,31,35). The van der Waals surface area contributed by atoms with E-state index in [1.165, 1.54) is 9.80 Å². The topological polar surface area (TPSA) is 133 Å². The van der Waals surface area contributed by atoms with Gasteiger partial charge in [0.05, 0.1) is 22.3 Å². The number of hydrogen-bond acceptors (Lipinski definition) is 6. The van der Waals surface area contributed by atoms with Crippen LogP contribution < -0.4 is 10.6 Å². The van der Waals surface area contributed by atoms with Gasteiger partial charge in [0.2, 0.25) is 11.8 Å². The minimum absolute atomic E-state index is 0.160. The fraction of sp³-hybridized carbons (Fsp3) is 0.379. The van der Waals surface area contributed by atoms with Crippen molar-refractivity contribution in [2.24, 2.45) is 5.41 Å². The van der Waals surface area contributed by atoms with Crippen LogP contribution in [0.3, 0.4) is 0 Å². The predicted octanol–water partition coefficient (Wildman–Crippen LogP) is 2.40. The molecule has 39 heavy (non-hydrogen) atoms. The van der Waals surface area contributed by atoms with Gasteiger partial charge in [-0.3, -0.25) is 38.6 Å². The number of imide groups is 2. The van der Waals surface area contributed by atoms with Gasteiger partial charge in [-0.2, -0.15) is 0 Å². The average molecular weight is 533 g/mol. The zero-order chi connectivity index (χ0) is 28.2. The van der Waals surface area contributed by atoms with Crippen molar-refractivity contribution in [1.82, 2.24) is 20.4 Å². The number of carbonyl (C=O) groups is 6. The first kappa shape index (κ1) is 27.7. The van der Waals surface area contributed by atoms with Gasteiger partial charge in [0.1, 0.15) is 0 Å². The molecule has 10 nitrogen and oxygen atoms in total. The largest absolute Gasteiger partial charge is 0.355 e. The Bertz CT molecular complexity index is 1170. The third-order valence-corrected chi connectivity index (χ3v) is 6.86. The number of carbonyl (C=O) groups excluding carboxylic acids is 6. The van der Waals surface area contributed by atoms with E-state index in [9.17, 15) is 28.8 Å². The van der Waals surface area contributed by atoms with Gasteiger partial charge in [0.25, 0.3) is 23.6 Å². The van der Waals surface area contributed by atoms with Crippen LogP contribution in [-0.4, -0.2) is 71.4 Å². The van der Waals surface area contributed by atoms with Crippen LogP contribution in [0.15, 0.2) is 48.5 Å². The molecule has 0 unspecified atom stereocenters. The van der Waals surface area contributed by atoms with Crippen molar-refractivity contribution in [3.05, 3.63) is 70.8 Å². The summed E-state index contributed by atoms with van der Waals surface area (Å²) < 4.78 is 0. The fourth-order valence-electron chi connectivity index (χ4n) is 4.59. The first-order chi connectivity index (χ1) is 18.6. The lowest BCUT2D eigenvalue weighted by atomic mass is 9.93. The predicted molar refractivity (Wildman–Crippen MR) is 142 cm³/mol. The summed E-state index contributed by atoms with van der Waals surface area (Å²) in [6.07, 6.45) is 1.02. The van der Waals surface area contributed by atoms with Gasteiger partial charge >= 0.3 is 0 Å². The lowest BCUT2D eigenvalue weighted by Crippen LogP contribution is -2.42. The highest BCUT2D eigenvalue weighted by Gasteiger charge is 2.35. The molecule has 2 aliphatic rings. The number of hydrogen-bond donors (Lipinski definition) is 2. The third kappa shape index (κ3) is 6.22. The van der Waals surface area contributed by atoms with Gasteiger partial charge in [-0.05, 0) is 42.5 Å². The maximum Gasteiger partial charge on any atom is 0.261 e. The lowest BCUT2D eigenvalue weighted by molar-refractivity contribution is -0.121. The van der Waals surface area contributed by atoms with Crippen LogP contribution in [-0.2, 0) is 9.59 Å². The second-order valence-corrected chi connectivity index (χ2v) is 10.5. The molecular formula is C29H32N4O6. The lowest BCUT2D eigenvalue weighted by Gasteiger charge is -2.25. The zero-order valence-electron chi connectivity index (χ0n) is 22.1. The second kappa shape index (κ2) is 11.6. The molecule has 0 fully saturated rings. The van der Waals surface area contributed by atoms with Crippen molar-refractivity contribution in [1.29, 1.82) is 0 Å². The van der Waals surface area contributed by atoms with Crippen molar-refractivity contribution in [3.63, 3.8) is 0 Å². The van der Waals surface area contributed by atoms with E-state index in [1.54, 1.807) is 48.5 Å². The molecule has 204 valence electrons. The van der Waals surface area contributed by atoms with Crippen LogP contribution in [0.4, 0.5) is 0 Å². The number of fused-ring (bicyclic) bond motifs is 2. The molecule has 4 rings (SSSR count). The number of nitrogens with zero attached hydrogens (tertiary/aromatic N) is 2. The van der Waals surface area contributed by atoms with Crippen molar-refractivity contribution >= 4 is 35.4 Å². The number of benzene rings is 2. The first-order valence-corrected chi connectivity index (χ1v) is 13.0. The van der Waals surface area contributed by atoms with Crippen LogP contribution >= 0.6 is 0 Å². The van der Waals surface area contributed by atoms with Crippen molar-refractivity contribution in [2.75, 3.05) is 26.2 Å². The molecule has 0 aliphatic carbocycles. The highest BCUT2D eigenvalue weighted by atomic mass is 16.2. The fourth-order valence-corrected chi connectivity index (χ4v) is 4.59. The molecule has 2 aromatic carbocycles. The van der Waals surface area contributed by atoms with Gasteiger partial charge in [-0.25, -0.2) is 0 Å². The van der Waals surface area contributed by atoms with Crippen LogP contribution in [0.25, 0.3) is 0 Å². The smallest absolute Gasteiger partial charge is 0.261 e. The van der Waals surface area contributed by atoms with E-state index >= 15 is 0 Å². The molecule has 0 bridgehead atoms. The summed E-state index contributed by atoms with van der Waals surface area (Å²) in [4.78, 5) is 76.7. The van der Waals surface area contributed by atoms with Crippen molar-refractivity contribution < 1.29 is 28.8 Å². The molecule has 10 heteroatoms. The van der Waals surface area contributed by atoms with Crippen LogP contribution in [0.2, 0.25) is 0 Å². The molecule has 0 spiro atoms. The number of rotatable bonds is 12. The molecule has 0 saturated heterocycles. The molecule has 2 aromatic rings. The van der Waals surface area contributed by atoms with Crippen LogP contribution in [0, 0.1) is 5.41 Å². The normalized spacial score (nSPS) is 14.5. The summed E-state index contributed by atoms with van der Waals surface area (Å²) in [6, 6.07) is 13.3. The molecule has 2 N–H and O–H groups in total. The van der Waals surface area contributed by atoms with Crippen LogP contribution in [0.5, 0.6) is 0 Å². The Hall–Kier alpha value is -4.34. The number of nitrogens with one attached hydrogen (secondary N) is 2. The molecule has 0 saturated carbocycles. The van der Waals surface area contributed by atoms with E-state index in [-0.39, 0.29) is 61.4 Å². The Balaban J connectivity index is 1.11. The van der Waals surface area contributed by atoms with Gasteiger partial charge in [-0.15, -0.1) is 0 Å². The molecule has 2 heterocycles. The molecule has 0 aromatic heterocycles. The van der Waals surface area contributed by atoms with Crippen LogP contribution in [0.1, 0.15) is 81.0 Å². The van der Waals surface area contributed by atoms with Crippen molar-refractivity contribution in [3.8, 4) is 0 Å². The molecule has 2 aliphatic heterocycles. The molecule has 0 radical (unpaired) electrons. The Morgan fingerprint density at radius 1 is 0.615 bits per heavy atom. The highest BCUT2D eigenvalue weighted by molar-refractivity contribution is 6.22. The minimum Gasteiger partial charge on any atom is -0.355 e. The second-order valence-electron chi connectivity index (χ2n) is 10.5. The Morgan fingerprint density at radius 2 is 0.923 bits per heavy atom. The quantitative estimate of drug-likeness (QED) is 0.404. The van der Waals surface area contributed by atoms with Gasteiger partial charge in [-0.1, -0.05) is 38.1 Å². The summed E-state index contributed by atoms with van der Waals surface area (Å²) in [5.41, 5.74) is 1.13. The van der Waals surface area contributed by atoms with E-state index in [0.717, 1.165) is 0 Å². The summed E-state index contributed by atoms with van der Waals surface area (Å²) in [7, 11) is 0. The minimum atomic E-state index is -0.420. The van der Waals surface area contributed by atoms with Crippen molar-refractivity contribution in [2.45, 2.75) is 39.5 Å². The third-order valence-electron chi connectivity index (χ3n) is 6.86. The maximum absolute atomic E-state index is 12.4. The molecule has 0 atom stereocenters. The summed E-state index contributed by atoms with van der Waals surface area (Å²) in [6.45, 7) is 4.80. The average Bonchev–Trinajstić information content (AvgIpc) is 3.31. The van der Waals surface area contributed by atoms with Gasteiger partial charge < -0.3 is 10.6 Å². The zero-order valence-corrected chi connectivity index (χ0v) is 22.1. The summed E-state index contributed by atoms with van der Waals surface area (Å²) in [5.74, 6) is -1.75. The van der Waals surface area contributed by atoms with E-state index < -0.39 is 5.41 Å².